The lowest BCUT2D eigenvalue weighted by Crippen LogP contribution is -2.12. The molecule has 2 aromatic heterocycles. The standard InChI is InChI=1S/C12H18N6S/c1-4-9-6-14-12(19-9)7(2)15-10-5-11(18-13)17-8(3)16-10/h5-7H,4,13H2,1-3H3,(H2,15,16,17,18). The molecule has 0 saturated heterocycles. The molecule has 6 nitrogen and oxygen atoms in total. The predicted molar refractivity (Wildman–Crippen MR) is 78.1 cm³/mol. The molecular weight excluding hydrogens is 260 g/mol. The molecule has 0 amide bonds. The van der Waals surface area contributed by atoms with Gasteiger partial charge in [0.05, 0.1) is 6.04 Å². The van der Waals surface area contributed by atoms with Crippen LogP contribution in [0.15, 0.2) is 12.3 Å². The minimum absolute atomic E-state index is 0.102. The maximum Gasteiger partial charge on any atom is 0.145 e. The fraction of sp³-hybridized carbons (Fsp3) is 0.417. The molecule has 0 aliphatic carbocycles. The number of thiazole rings is 1. The van der Waals surface area contributed by atoms with Crippen LogP contribution in [0, 0.1) is 6.92 Å². The molecule has 19 heavy (non-hydrogen) atoms. The number of nitrogen functional groups attached to an aromatic ring is 1. The Kier molecular flexibility index (Phi) is 4.28. The van der Waals surface area contributed by atoms with Crippen molar-refractivity contribution in [1.29, 1.82) is 0 Å². The Labute approximate surface area is 116 Å². The number of hydrogen-bond donors (Lipinski definition) is 3. The van der Waals surface area contributed by atoms with Gasteiger partial charge in [0.25, 0.3) is 0 Å². The van der Waals surface area contributed by atoms with Crippen molar-refractivity contribution in [2.45, 2.75) is 33.2 Å². The molecule has 4 N–H and O–H groups in total. The molecule has 2 rings (SSSR count). The highest BCUT2D eigenvalue weighted by Gasteiger charge is 2.11. The molecule has 7 heteroatoms. The zero-order chi connectivity index (χ0) is 13.8. The van der Waals surface area contributed by atoms with E-state index < -0.39 is 0 Å². The second-order valence-corrected chi connectivity index (χ2v) is 5.36. The lowest BCUT2D eigenvalue weighted by molar-refractivity contribution is 0.854. The first kappa shape index (κ1) is 13.7. The van der Waals surface area contributed by atoms with Crippen molar-refractivity contribution < 1.29 is 0 Å². The van der Waals surface area contributed by atoms with Gasteiger partial charge in [-0.05, 0) is 20.3 Å². The number of hydrogen-bond acceptors (Lipinski definition) is 7. The molecule has 0 radical (unpaired) electrons. The lowest BCUT2D eigenvalue weighted by atomic mass is 10.3. The van der Waals surface area contributed by atoms with Crippen molar-refractivity contribution in [3.8, 4) is 0 Å². The molecule has 1 atom stereocenters. The number of rotatable bonds is 5. The van der Waals surface area contributed by atoms with Gasteiger partial charge in [0.2, 0.25) is 0 Å². The normalized spacial score (nSPS) is 12.2. The van der Waals surface area contributed by atoms with Crippen LogP contribution in [0.2, 0.25) is 0 Å². The van der Waals surface area contributed by atoms with Gasteiger partial charge in [-0.1, -0.05) is 6.92 Å². The van der Waals surface area contributed by atoms with E-state index in [1.807, 2.05) is 13.1 Å². The van der Waals surface area contributed by atoms with Crippen LogP contribution in [0.5, 0.6) is 0 Å². The van der Waals surface area contributed by atoms with Crippen LogP contribution in [0.4, 0.5) is 11.6 Å². The summed E-state index contributed by atoms with van der Waals surface area (Å²) in [4.78, 5) is 14.2. The fourth-order valence-corrected chi connectivity index (χ4v) is 2.54. The van der Waals surface area contributed by atoms with E-state index in [1.165, 1.54) is 4.88 Å². The van der Waals surface area contributed by atoms with E-state index in [4.69, 9.17) is 5.84 Å². The summed E-state index contributed by atoms with van der Waals surface area (Å²) in [7, 11) is 0. The van der Waals surface area contributed by atoms with Gasteiger partial charge in [-0.3, -0.25) is 0 Å². The lowest BCUT2D eigenvalue weighted by Gasteiger charge is -2.13. The van der Waals surface area contributed by atoms with Crippen molar-refractivity contribution in [3.05, 3.63) is 28.0 Å². The summed E-state index contributed by atoms with van der Waals surface area (Å²) in [6.07, 6.45) is 2.94. The Morgan fingerprint density at radius 3 is 2.74 bits per heavy atom. The van der Waals surface area contributed by atoms with Crippen LogP contribution in [0.3, 0.4) is 0 Å². The van der Waals surface area contributed by atoms with Crippen molar-refractivity contribution in [3.63, 3.8) is 0 Å². The monoisotopic (exact) mass is 278 g/mol. The van der Waals surface area contributed by atoms with Crippen LogP contribution in [0.1, 0.15) is 35.6 Å². The molecule has 2 heterocycles. The summed E-state index contributed by atoms with van der Waals surface area (Å²) in [5, 5.41) is 4.36. The quantitative estimate of drug-likeness (QED) is 0.574. The molecule has 0 bridgehead atoms. The highest BCUT2D eigenvalue weighted by Crippen LogP contribution is 2.23. The molecule has 0 aliphatic rings. The molecule has 0 fully saturated rings. The van der Waals surface area contributed by atoms with Gasteiger partial charge in [0, 0.05) is 17.1 Å². The molecule has 102 valence electrons. The van der Waals surface area contributed by atoms with Gasteiger partial charge in [0.1, 0.15) is 22.5 Å². The summed E-state index contributed by atoms with van der Waals surface area (Å²) >= 11 is 1.72. The highest BCUT2D eigenvalue weighted by atomic mass is 32.1. The van der Waals surface area contributed by atoms with Crippen molar-refractivity contribution in [2.75, 3.05) is 10.7 Å². The topological polar surface area (TPSA) is 88.8 Å². The fourth-order valence-electron chi connectivity index (χ4n) is 1.69. The van der Waals surface area contributed by atoms with E-state index >= 15 is 0 Å². The number of nitrogens with one attached hydrogen (secondary N) is 2. The summed E-state index contributed by atoms with van der Waals surface area (Å²) in [6, 6.07) is 1.88. The minimum atomic E-state index is 0.102. The third-order valence-electron chi connectivity index (χ3n) is 2.64. The van der Waals surface area contributed by atoms with E-state index in [2.05, 4.69) is 39.5 Å². The average Bonchev–Trinajstić information content (AvgIpc) is 2.86. The minimum Gasteiger partial charge on any atom is -0.361 e. The molecule has 0 spiro atoms. The Bertz CT molecular complexity index is 553. The number of aryl methyl sites for hydroxylation is 2. The number of nitrogens with two attached hydrogens (primary N) is 1. The number of anilines is 2. The van der Waals surface area contributed by atoms with Gasteiger partial charge in [-0.15, -0.1) is 11.3 Å². The van der Waals surface area contributed by atoms with E-state index in [-0.39, 0.29) is 6.04 Å². The number of hydrazine groups is 1. The Morgan fingerprint density at radius 2 is 2.11 bits per heavy atom. The van der Waals surface area contributed by atoms with Crippen LogP contribution < -0.4 is 16.6 Å². The maximum absolute atomic E-state index is 5.37. The Balaban J connectivity index is 2.13. The molecular formula is C12H18N6S. The molecule has 0 aromatic carbocycles. The zero-order valence-electron chi connectivity index (χ0n) is 11.3. The largest absolute Gasteiger partial charge is 0.361 e. The van der Waals surface area contributed by atoms with Crippen molar-refractivity contribution in [1.82, 2.24) is 15.0 Å². The van der Waals surface area contributed by atoms with Crippen LogP contribution in [-0.4, -0.2) is 15.0 Å². The van der Waals surface area contributed by atoms with Crippen LogP contribution >= 0.6 is 11.3 Å². The van der Waals surface area contributed by atoms with Gasteiger partial charge < -0.3 is 10.7 Å². The zero-order valence-corrected chi connectivity index (χ0v) is 12.1. The highest BCUT2D eigenvalue weighted by molar-refractivity contribution is 7.11. The SMILES string of the molecule is CCc1cnc(C(C)Nc2cc(NN)nc(C)n2)s1. The van der Waals surface area contributed by atoms with Gasteiger partial charge in [0.15, 0.2) is 0 Å². The second-order valence-electron chi connectivity index (χ2n) is 4.21. The summed E-state index contributed by atoms with van der Waals surface area (Å²) in [6.45, 7) is 6.02. The van der Waals surface area contributed by atoms with Crippen LogP contribution in [0.25, 0.3) is 0 Å². The third kappa shape index (κ3) is 3.39. The third-order valence-corrected chi connectivity index (χ3v) is 3.96. The first-order valence-corrected chi connectivity index (χ1v) is 6.97. The van der Waals surface area contributed by atoms with E-state index in [0.29, 0.717) is 11.6 Å². The van der Waals surface area contributed by atoms with E-state index in [9.17, 15) is 0 Å². The summed E-state index contributed by atoms with van der Waals surface area (Å²) in [5.41, 5.74) is 2.53. The van der Waals surface area contributed by atoms with Gasteiger partial charge in [-0.25, -0.2) is 20.8 Å². The molecule has 2 aromatic rings. The Hall–Kier alpha value is -1.73. The summed E-state index contributed by atoms with van der Waals surface area (Å²) in [5.74, 6) is 7.37. The van der Waals surface area contributed by atoms with E-state index in [0.717, 1.165) is 17.2 Å². The Morgan fingerprint density at radius 1 is 1.37 bits per heavy atom. The predicted octanol–water partition coefficient (Wildman–Crippen LogP) is 2.26. The van der Waals surface area contributed by atoms with E-state index in [1.54, 1.807) is 17.4 Å². The smallest absolute Gasteiger partial charge is 0.145 e. The second kappa shape index (κ2) is 5.94. The van der Waals surface area contributed by atoms with Gasteiger partial charge in [-0.2, -0.15) is 0 Å². The number of aromatic nitrogens is 3. The van der Waals surface area contributed by atoms with Crippen molar-refractivity contribution >= 4 is 23.0 Å². The van der Waals surface area contributed by atoms with Crippen LogP contribution in [-0.2, 0) is 6.42 Å². The molecule has 0 saturated carbocycles. The molecule has 1 unspecified atom stereocenters. The maximum atomic E-state index is 5.37. The first-order valence-electron chi connectivity index (χ1n) is 6.15. The van der Waals surface area contributed by atoms with Crippen molar-refractivity contribution in [2.24, 2.45) is 5.84 Å². The first-order chi connectivity index (χ1) is 9.12. The number of nitrogens with zero attached hydrogens (tertiary/aromatic N) is 3. The van der Waals surface area contributed by atoms with Gasteiger partial charge >= 0.3 is 0 Å². The summed E-state index contributed by atoms with van der Waals surface area (Å²) < 4.78 is 0. The molecule has 0 aliphatic heterocycles. The average molecular weight is 278 g/mol.